The van der Waals surface area contributed by atoms with E-state index >= 15 is 0 Å². The van der Waals surface area contributed by atoms with Gasteiger partial charge in [-0.05, 0) is 67.6 Å². The second kappa shape index (κ2) is 9.67. The highest BCUT2D eigenvalue weighted by Crippen LogP contribution is 2.47. The largest absolute Gasteiger partial charge is 0.497 e. The molecule has 2 aromatic carbocycles. The molecule has 1 aliphatic carbocycles. The van der Waals surface area contributed by atoms with E-state index in [9.17, 15) is 18.3 Å². The third kappa shape index (κ3) is 5.24. The molecule has 1 saturated carbocycles. The molecule has 188 valence electrons. The number of rotatable bonds is 9. The number of methoxy groups -OCH3 is 1. The van der Waals surface area contributed by atoms with E-state index in [1.807, 2.05) is 0 Å². The normalized spacial score (nSPS) is 25.2. The summed E-state index contributed by atoms with van der Waals surface area (Å²) < 4.78 is 45.6. The SMILES string of the molecule is COc1ccc(S(=O)(=O)Nc2ccc3c(c2)[C@@H]2C[C@H](CC(=O)NCC4CC4)O[C@@H](CO)[C@@H]2O3)cc1. The van der Waals surface area contributed by atoms with Gasteiger partial charge in [0.2, 0.25) is 5.91 Å². The molecule has 2 aromatic rings. The number of carbonyl (C=O) groups excluding carboxylic acids is 1. The summed E-state index contributed by atoms with van der Waals surface area (Å²) in [5.74, 6) is 1.61. The predicted octanol–water partition coefficient (Wildman–Crippen LogP) is 2.41. The first-order chi connectivity index (χ1) is 16.9. The van der Waals surface area contributed by atoms with Crippen LogP contribution in [0.2, 0.25) is 0 Å². The number of aliphatic hydroxyl groups is 1. The van der Waals surface area contributed by atoms with Crippen LogP contribution >= 0.6 is 0 Å². The molecular weight excluding hydrogens is 472 g/mol. The van der Waals surface area contributed by atoms with Crippen molar-refractivity contribution >= 4 is 21.6 Å². The number of hydrogen-bond donors (Lipinski definition) is 3. The van der Waals surface area contributed by atoms with Crippen molar-refractivity contribution in [1.82, 2.24) is 5.32 Å². The van der Waals surface area contributed by atoms with Gasteiger partial charge in [-0.15, -0.1) is 0 Å². The molecular formula is C25H30N2O7S. The van der Waals surface area contributed by atoms with Gasteiger partial charge in [0, 0.05) is 23.7 Å². The predicted molar refractivity (Wildman–Crippen MR) is 128 cm³/mol. The molecule has 0 bridgehead atoms. The smallest absolute Gasteiger partial charge is 0.261 e. The van der Waals surface area contributed by atoms with E-state index in [-0.39, 0.29) is 35.9 Å². The van der Waals surface area contributed by atoms with Gasteiger partial charge in [0.15, 0.2) is 0 Å². The van der Waals surface area contributed by atoms with Crippen LogP contribution in [0.25, 0.3) is 0 Å². The van der Waals surface area contributed by atoms with Crippen LogP contribution in [0.4, 0.5) is 5.69 Å². The molecule has 2 fully saturated rings. The number of hydrogen-bond acceptors (Lipinski definition) is 7. The molecule has 4 atom stereocenters. The fraction of sp³-hybridized carbons (Fsp3) is 0.480. The lowest BCUT2D eigenvalue weighted by atomic mass is 9.84. The Morgan fingerprint density at radius 2 is 1.94 bits per heavy atom. The number of sulfonamides is 1. The number of anilines is 1. The van der Waals surface area contributed by atoms with Crippen LogP contribution in [-0.4, -0.2) is 58.0 Å². The molecule has 3 aliphatic rings. The summed E-state index contributed by atoms with van der Waals surface area (Å²) in [5.41, 5.74) is 1.25. The van der Waals surface area contributed by atoms with Crippen LogP contribution in [0.3, 0.4) is 0 Å². The highest BCUT2D eigenvalue weighted by atomic mass is 32.2. The van der Waals surface area contributed by atoms with Crippen LogP contribution in [0, 0.1) is 5.92 Å². The Hall–Kier alpha value is -2.82. The maximum atomic E-state index is 12.9. The molecule has 2 heterocycles. The monoisotopic (exact) mass is 502 g/mol. The van der Waals surface area contributed by atoms with Gasteiger partial charge < -0.3 is 24.6 Å². The van der Waals surface area contributed by atoms with Crippen molar-refractivity contribution in [3.8, 4) is 11.5 Å². The molecule has 3 N–H and O–H groups in total. The van der Waals surface area contributed by atoms with Gasteiger partial charge >= 0.3 is 0 Å². The first-order valence-corrected chi connectivity index (χ1v) is 13.3. The summed E-state index contributed by atoms with van der Waals surface area (Å²) in [4.78, 5) is 12.5. The average Bonchev–Trinajstić information content (AvgIpc) is 3.62. The summed E-state index contributed by atoms with van der Waals surface area (Å²) in [5, 5.41) is 12.9. The topological polar surface area (TPSA) is 123 Å². The van der Waals surface area contributed by atoms with Gasteiger partial charge in [0.25, 0.3) is 10.0 Å². The molecule has 0 aromatic heterocycles. The zero-order valence-electron chi connectivity index (χ0n) is 19.5. The second-order valence-corrected chi connectivity index (χ2v) is 11.1. The molecule has 0 unspecified atom stereocenters. The van der Waals surface area contributed by atoms with Gasteiger partial charge in [-0.1, -0.05) is 0 Å². The standard InChI is InChI=1S/C25H30N2O7S/c1-32-17-5-7-19(8-6-17)35(30,31)27-16-4-9-22-20(10-16)21-11-18(33-23(14-28)25(21)34-22)12-24(29)26-13-15-2-3-15/h4-10,15,18,21,23,25,27-28H,2-3,11-14H2,1H3,(H,26,29)/t18-,21+,23+,25-/m1/s1. The van der Waals surface area contributed by atoms with Gasteiger partial charge in [-0.2, -0.15) is 0 Å². The number of ether oxygens (including phenoxy) is 3. The number of benzene rings is 2. The first kappa shape index (κ1) is 23.9. The fourth-order valence-electron chi connectivity index (χ4n) is 4.78. The minimum atomic E-state index is -3.80. The van der Waals surface area contributed by atoms with Crippen molar-refractivity contribution in [2.45, 2.75) is 54.8 Å². The Labute approximate surface area is 204 Å². The highest BCUT2D eigenvalue weighted by molar-refractivity contribution is 7.92. The van der Waals surface area contributed by atoms with Crippen LogP contribution in [0.15, 0.2) is 47.4 Å². The molecule has 5 rings (SSSR count). The lowest BCUT2D eigenvalue weighted by Crippen LogP contribution is -2.47. The Balaban J connectivity index is 1.31. The maximum absolute atomic E-state index is 12.9. The quantitative estimate of drug-likeness (QED) is 0.481. The zero-order chi connectivity index (χ0) is 24.6. The lowest BCUT2D eigenvalue weighted by Gasteiger charge is -2.37. The van der Waals surface area contributed by atoms with E-state index in [1.54, 1.807) is 30.3 Å². The van der Waals surface area contributed by atoms with Crippen molar-refractivity contribution in [3.05, 3.63) is 48.0 Å². The van der Waals surface area contributed by atoms with E-state index in [0.717, 1.165) is 18.4 Å². The van der Waals surface area contributed by atoms with E-state index in [0.29, 0.717) is 36.1 Å². The summed E-state index contributed by atoms with van der Waals surface area (Å²) in [7, 11) is -2.28. The summed E-state index contributed by atoms with van der Waals surface area (Å²) >= 11 is 0. The molecule has 35 heavy (non-hydrogen) atoms. The van der Waals surface area contributed by atoms with Crippen molar-refractivity contribution in [1.29, 1.82) is 0 Å². The Morgan fingerprint density at radius 1 is 1.17 bits per heavy atom. The summed E-state index contributed by atoms with van der Waals surface area (Å²) in [6.45, 7) is 0.469. The Bertz CT molecular complexity index is 1180. The van der Waals surface area contributed by atoms with Crippen molar-refractivity contribution < 1.29 is 32.5 Å². The highest BCUT2D eigenvalue weighted by Gasteiger charge is 2.46. The maximum Gasteiger partial charge on any atom is 0.261 e. The van der Waals surface area contributed by atoms with Gasteiger partial charge in [-0.3, -0.25) is 9.52 Å². The van der Waals surface area contributed by atoms with Crippen molar-refractivity contribution in [2.24, 2.45) is 5.92 Å². The fourth-order valence-corrected chi connectivity index (χ4v) is 5.83. The number of fused-ring (bicyclic) bond motifs is 3. The molecule has 0 radical (unpaired) electrons. The van der Waals surface area contributed by atoms with Crippen molar-refractivity contribution in [2.75, 3.05) is 25.0 Å². The lowest BCUT2D eigenvalue weighted by molar-refractivity contribution is -0.142. The van der Waals surface area contributed by atoms with E-state index in [1.165, 1.54) is 19.2 Å². The first-order valence-electron chi connectivity index (χ1n) is 11.9. The summed E-state index contributed by atoms with van der Waals surface area (Å²) in [6.07, 6.45) is 1.76. The third-order valence-electron chi connectivity index (χ3n) is 6.82. The van der Waals surface area contributed by atoms with Crippen LogP contribution < -0.4 is 19.5 Å². The zero-order valence-corrected chi connectivity index (χ0v) is 20.3. The van der Waals surface area contributed by atoms with Gasteiger partial charge in [0.05, 0.1) is 31.1 Å². The Morgan fingerprint density at radius 3 is 2.63 bits per heavy atom. The van der Waals surface area contributed by atoms with E-state index in [2.05, 4.69) is 10.0 Å². The van der Waals surface area contributed by atoms with E-state index < -0.39 is 22.2 Å². The van der Waals surface area contributed by atoms with Crippen molar-refractivity contribution in [3.63, 3.8) is 0 Å². The summed E-state index contributed by atoms with van der Waals surface area (Å²) in [6, 6.07) is 11.3. The minimum Gasteiger partial charge on any atom is -0.497 e. The van der Waals surface area contributed by atoms with Crippen LogP contribution in [0.1, 0.15) is 37.2 Å². The number of amides is 1. The molecule has 10 heteroatoms. The molecule has 9 nitrogen and oxygen atoms in total. The third-order valence-corrected chi connectivity index (χ3v) is 8.22. The van der Waals surface area contributed by atoms with Gasteiger partial charge in [-0.25, -0.2) is 8.42 Å². The van der Waals surface area contributed by atoms with E-state index in [4.69, 9.17) is 14.2 Å². The molecule has 2 aliphatic heterocycles. The molecule has 1 amide bonds. The number of carbonyl (C=O) groups is 1. The Kier molecular flexibility index (Phi) is 6.61. The minimum absolute atomic E-state index is 0.0582. The van der Waals surface area contributed by atoms with Crippen LogP contribution in [-0.2, 0) is 19.6 Å². The number of nitrogens with one attached hydrogen (secondary N) is 2. The van der Waals surface area contributed by atoms with Gasteiger partial charge in [0.1, 0.15) is 23.7 Å². The second-order valence-electron chi connectivity index (χ2n) is 9.39. The molecule has 0 spiro atoms. The molecule has 1 saturated heterocycles. The average molecular weight is 503 g/mol. The van der Waals surface area contributed by atoms with Crippen LogP contribution in [0.5, 0.6) is 11.5 Å². The number of aliphatic hydroxyl groups excluding tert-OH is 1.